The van der Waals surface area contributed by atoms with Crippen molar-refractivity contribution >= 4 is 0 Å². The van der Waals surface area contributed by atoms with E-state index in [-0.39, 0.29) is 0 Å². The van der Waals surface area contributed by atoms with Crippen molar-refractivity contribution in [2.24, 2.45) is 5.41 Å². The van der Waals surface area contributed by atoms with Gasteiger partial charge < -0.3 is 10.2 Å². The fraction of sp³-hybridized carbons (Fsp3) is 0.684. The minimum absolute atomic E-state index is 0.429. The molecule has 1 fully saturated rings. The second-order valence-corrected chi connectivity index (χ2v) is 6.96. The second kappa shape index (κ2) is 8.66. The lowest BCUT2D eigenvalue weighted by Gasteiger charge is -2.33. The highest BCUT2D eigenvalue weighted by Gasteiger charge is 2.30. The Morgan fingerprint density at radius 3 is 2.32 bits per heavy atom. The summed E-state index contributed by atoms with van der Waals surface area (Å²) in [5.41, 5.74) is 1.86. The van der Waals surface area contributed by atoms with E-state index >= 15 is 0 Å². The molecule has 2 rings (SSSR count). The lowest BCUT2D eigenvalue weighted by Crippen LogP contribution is -2.41. The van der Waals surface area contributed by atoms with Crippen LogP contribution in [0.1, 0.15) is 32.8 Å². The van der Waals surface area contributed by atoms with Crippen LogP contribution in [0.3, 0.4) is 0 Å². The molecule has 0 radical (unpaired) electrons. The quantitative estimate of drug-likeness (QED) is 0.757. The molecule has 0 spiro atoms. The minimum atomic E-state index is 0.429. The number of nitrogens with zero attached hydrogens (tertiary/aromatic N) is 2. The van der Waals surface area contributed by atoms with Gasteiger partial charge in [-0.15, -0.1) is 0 Å². The van der Waals surface area contributed by atoms with Crippen LogP contribution < -0.4 is 5.32 Å². The Morgan fingerprint density at radius 2 is 1.73 bits per heavy atom. The zero-order valence-corrected chi connectivity index (χ0v) is 14.6. The molecule has 1 heterocycles. The average molecular weight is 303 g/mol. The number of benzene rings is 1. The summed E-state index contributed by atoms with van der Waals surface area (Å²) in [5.74, 6) is 0. The van der Waals surface area contributed by atoms with Crippen LogP contribution in [-0.2, 0) is 6.54 Å². The van der Waals surface area contributed by atoms with Crippen molar-refractivity contribution in [2.45, 2.75) is 33.7 Å². The van der Waals surface area contributed by atoms with Crippen LogP contribution in [0.15, 0.2) is 30.3 Å². The molecule has 3 nitrogen and oxygen atoms in total. The maximum atomic E-state index is 3.53. The highest BCUT2D eigenvalue weighted by atomic mass is 15.2. The van der Waals surface area contributed by atoms with Gasteiger partial charge >= 0.3 is 0 Å². The van der Waals surface area contributed by atoms with Gasteiger partial charge in [0, 0.05) is 32.7 Å². The Balaban J connectivity index is 1.96. The Labute approximate surface area is 136 Å². The van der Waals surface area contributed by atoms with Crippen molar-refractivity contribution in [3.05, 3.63) is 35.9 Å². The van der Waals surface area contributed by atoms with Crippen molar-refractivity contribution < 1.29 is 0 Å². The largest absolute Gasteiger partial charge is 0.316 e. The van der Waals surface area contributed by atoms with E-state index in [0.29, 0.717) is 5.41 Å². The van der Waals surface area contributed by atoms with Crippen LogP contribution in [0.5, 0.6) is 0 Å². The summed E-state index contributed by atoms with van der Waals surface area (Å²) in [6.45, 7) is 16.2. The molecule has 1 unspecified atom stereocenters. The first kappa shape index (κ1) is 17.5. The zero-order valence-electron chi connectivity index (χ0n) is 14.6. The maximum absolute atomic E-state index is 3.53. The smallest absolute Gasteiger partial charge is 0.0234 e. The normalized spacial score (nSPS) is 21.9. The third-order valence-corrected chi connectivity index (χ3v) is 4.94. The summed E-state index contributed by atoms with van der Waals surface area (Å²) in [4.78, 5) is 5.17. The van der Waals surface area contributed by atoms with E-state index in [4.69, 9.17) is 0 Å². The predicted molar refractivity (Wildman–Crippen MR) is 95.1 cm³/mol. The summed E-state index contributed by atoms with van der Waals surface area (Å²) in [6, 6.07) is 10.9. The van der Waals surface area contributed by atoms with E-state index in [9.17, 15) is 0 Å². The number of hydrogen-bond donors (Lipinski definition) is 1. The first-order valence-corrected chi connectivity index (χ1v) is 8.84. The highest BCUT2D eigenvalue weighted by Crippen LogP contribution is 2.26. The van der Waals surface area contributed by atoms with E-state index in [2.05, 4.69) is 66.2 Å². The molecular formula is C19H33N3. The van der Waals surface area contributed by atoms with Crippen LogP contribution in [0.25, 0.3) is 0 Å². The molecule has 1 N–H and O–H groups in total. The van der Waals surface area contributed by atoms with Crippen LogP contribution in [0.2, 0.25) is 0 Å². The van der Waals surface area contributed by atoms with Crippen molar-refractivity contribution in [3.63, 3.8) is 0 Å². The number of hydrogen-bond acceptors (Lipinski definition) is 3. The van der Waals surface area contributed by atoms with E-state index in [1.165, 1.54) is 31.6 Å². The number of likely N-dealkylation sites (N-methyl/N-ethyl adjacent to an activating group) is 1. The van der Waals surface area contributed by atoms with Crippen molar-refractivity contribution in [1.82, 2.24) is 15.1 Å². The lowest BCUT2D eigenvalue weighted by molar-refractivity contribution is 0.149. The number of rotatable bonds is 9. The van der Waals surface area contributed by atoms with Crippen molar-refractivity contribution in [1.29, 1.82) is 0 Å². The van der Waals surface area contributed by atoms with Crippen molar-refractivity contribution in [2.75, 3.05) is 45.8 Å². The Kier molecular flexibility index (Phi) is 6.87. The van der Waals surface area contributed by atoms with Gasteiger partial charge in [-0.3, -0.25) is 4.90 Å². The molecule has 1 atom stereocenters. The van der Waals surface area contributed by atoms with Crippen LogP contribution in [0, 0.1) is 5.41 Å². The van der Waals surface area contributed by atoms with E-state index in [1.807, 2.05) is 0 Å². The summed E-state index contributed by atoms with van der Waals surface area (Å²) in [5, 5.41) is 3.53. The van der Waals surface area contributed by atoms with Crippen molar-refractivity contribution in [3.8, 4) is 0 Å². The molecule has 0 bridgehead atoms. The number of nitrogens with one attached hydrogen (secondary N) is 1. The molecule has 0 saturated carbocycles. The van der Waals surface area contributed by atoms with Crippen LogP contribution in [-0.4, -0.2) is 55.6 Å². The monoisotopic (exact) mass is 303 g/mol. The van der Waals surface area contributed by atoms with Gasteiger partial charge in [-0.2, -0.15) is 0 Å². The molecule has 3 heteroatoms. The van der Waals surface area contributed by atoms with Crippen LogP contribution in [0.4, 0.5) is 0 Å². The third kappa shape index (κ3) is 5.38. The first-order chi connectivity index (χ1) is 10.6. The second-order valence-electron chi connectivity index (χ2n) is 6.96. The Hall–Kier alpha value is -0.900. The SMILES string of the molecule is CCN(CC)CCN(Cc1ccccc1)CC1(C)CCNC1. The van der Waals surface area contributed by atoms with Crippen LogP contribution >= 0.6 is 0 Å². The van der Waals surface area contributed by atoms with Gasteiger partial charge in [-0.1, -0.05) is 51.1 Å². The summed E-state index contributed by atoms with van der Waals surface area (Å²) < 4.78 is 0. The molecule has 0 aliphatic carbocycles. The summed E-state index contributed by atoms with van der Waals surface area (Å²) in [7, 11) is 0. The van der Waals surface area contributed by atoms with Gasteiger partial charge in [0.25, 0.3) is 0 Å². The van der Waals surface area contributed by atoms with Gasteiger partial charge in [-0.05, 0) is 37.0 Å². The Morgan fingerprint density at radius 1 is 1.05 bits per heavy atom. The van der Waals surface area contributed by atoms with E-state index < -0.39 is 0 Å². The fourth-order valence-corrected chi connectivity index (χ4v) is 3.42. The predicted octanol–water partition coefficient (Wildman–Crippen LogP) is 2.83. The summed E-state index contributed by atoms with van der Waals surface area (Å²) in [6.07, 6.45) is 1.30. The Bertz CT molecular complexity index is 408. The molecule has 1 saturated heterocycles. The van der Waals surface area contributed by atoms with E-state index in [0.717, 1.165) is 32.7 Å². The topological polar surface area (TPSA) is 18.5 Å². The van der Waals surface area contributed by atoms with Gasteiger partial charge in [0.05, 0.1) is 0 Å². The van der Waals surface area contributed by atoms with Gasteiger partial charge in [0.15, 0.2) is 0 Å². The molecule has 0 aromatic heterocycles. The molecule has 124 valence electrons. The molecular weight excluding hydrogens is 270 g/mol. The van der Waals surface area contributed by atoms with Gasteiger partial charge in [0.1, 0.15) is 0 Å². The lowest BCUT2D eigenvalue weighted by atomic mass is 9.89. The summed E-state index contributed by atoms with van der Waals surface area (Å²) >= 11 is 0. The molecule has 0 amide bonds. The third-order valence-electron chi connectivity index (χ3n) is 4.94. The molecule has 1 aliphatic rings. The zero-order chi connectivity index (χ0) is 15.8. The minimum Gasteiger partial charge on any atom is -0.316 e. The molecule has 1 aliphatic heterocycles. The highest BCUT2D eigenvalue weighted by molar-refractivity contribution is 5.14. The molecule has 1 aromatic carbocycles. The van der Waals surface area contributed by atoms with E-state index in [1.54, 1.807) is 0 Å². The van der Waals surface area contributed by atoms with Gasteiger partial charge in [0.2, 0.25) is 0 Å². The molecule has 22 heavy (non-hydrogen) atoms. The molecule has 1 aromatic rings. The average Bonchev–Trinajstić information content (AvgIpc) is 2.95. The van der Waals surface area contributed by atoms with Gasteiger partial charge in [-0.25, -0.2) is 0 Å². The standard InChI is InChI=1S/C19H33N3/c1-4-21(5-2)13-14-22(15-18-9-7-6-8-10-18)17-19(3)11-12-20-16-19/h6-10,20H,4-5,11-17H2,1-3H3. The maximum Gasteiger partial charge on any atom is 0.0234 e. The fourth-order valence-electron chi connectivity index (χ4n) is 3.42. The first-order valence-electron chi connectivity index (χ1n) is 8.84.